The number of aromatic hydroxyl groups is 1. The van der Waals surface area contributed by atoms with Crippen molar-refractivity contribution in [1.82, 2.24) is 4.90 Å². The highest BCUT2D eigenvalue weighted by molar-refractivity contribution is 5.25. The Balaban J connectivity index is 1.84. The van der Waals surface area contributed by atoms with Gasteiger partial charge in [-0.15, -0.1) is 0 Å². The van der Waals surface area contributed by atoms with Crippen molar-refractivity contribution in [1.29, 1.82) is 0 Å². The van der Waals surface area contributed by atoms with Gasteiger partial charge in [-0.05, 0) is 68.7 Å². The van der Waals surface area contributed by atoms with Crippen LogP contribution in [0.3, 0.4) is 0 Å². The molecule has 1 unspecified atom stereocenters. The number of aryl methyl sites for hydroxylation is 1. The Kier molecular flexibility index (Phi) is 5.09. The van der Waals surface area contributed by atoms with Crippen LogP contribution in [0, 0.1) is 5.41 Å². The Hall–Kier alpha value is -1.02. The molecule has 1 heterocycles. The molecule has 0 spiro atoms. The first-order valence-corrected chi connectivity index (χ1v) is 8.10. The molecule has 1 aliphatic rings. The largest absolute Gasteiger partial charge is 0.508 e. The predicted molar refractivity (Wildman–Crippen MR) is 85.1 cm³/mol. The number of benzene rings is 1. The summed E-state index contributed by atoms with van der Waals surface area (Å²) in [5.41, 5.74) is 1.90. The van der Waals surface area contributed by atoms with Gasteiger partial charge >= 0.3 is 0 Å². The second kappa shape index (κ2) is 6.62. The van der Waals surface area contributed by atoms with Gasteiger partial charge in [-0.2, -0.15) is 0 Å². The topological polar surface area (TPSA) is 23.5 Å². The van der Waals surface area contributed by atoms with Crippen molar-refractivity contribution in [3.8, 4) is 5.75 Å². The minimum absolute atomic E-state index is 0.358. The fourth-order valence-corrected chi connectivity index (χ4v) is 3.39. The van der Waals surface area contributed by atoms with Crippen LogP contribution in [0.25, 0.3) is 0 Å². The Morgan fingerprint density at radius 2 is 1.85 bits per heavy atom. The van der Waals surface area contributed by atoms with Crippen molar-refractivity contribution in [2.75, 3.05) is 13.1 Å². The third-order valence-electron chi connectivity index (χ3n) is 5.38. The van der Waals surface area contributed by atoms with Crippen molar-refractivity contribution in [2.24, 2.45) is 5.41 Å². The van der Waals surface area contributed by atoms with Crippen molar-refractivity contribution in [3.05, 3.63) is 29.8 Å². The summed E-state index contributed by atoms with van der Waals surface area (Å²) < 4.78 is 0. The lowest BCUT2D eigenvalue weighted by atomic mass is 9.82. The first-order chi connectivity index (χ1) is 9.58. The summed E-state index contributed by atoms with van der Waals surface area (Å²) in [5.74, 6) is 0.358. The zero-order valence-electron chi connectivity index (χ0n) is 13.2. The van der Waals surface area contributed by atoms with Crippen LogP contribution in [0.5, 0.6) is 5.75 Å². The van der Waals surface area contributed by atoms with E-state index in [1.54, 1.807) is 12.1 Å². The average molecular weight is 275 g/mol. The summed E-state index contributed by atoms with van der Waals surface area (Å²) in [6.45, 7) is 9.58. The molecule has 1 aromatic carbocycles. The number of phenols is 1. The molecular formula is C18H29NO. The van der Waals surface area contributed by atoms with Crippen LogP contribution in [0.15, 0.2) is 24.3 Å². The highest BCUT2D eigenvalue weighted by Gasteiger charge is 2.36. The molecule has 1 saturated heterocycles. The molecule has 1 aliphatic heterocycles. The fraction of sp³-hybridized carbons (Fsp3) is 0.667. The van der Waals surface area contributed by atoms with E-state index in [2.05, 4.69) is 25.7 Å². The third-order valence-corrected chi connectivity index (χ3v) is 5.38. The zero-order valence-corrected chi connectivity index (χ0v) is 13.2. The Morgan fingerprint density at radius 3 is 2.40 bits per heavy atom. The minimum Gasteiger partial charge on any atom is -0.508 e. The molecule has 1 N–H and O–H groups in total. The summed E-state index contributed by atoms with van der Waals surface area (Å²) in [6, 6.07) is 8.30. The van der Waals surface area contributed by atoms with Gasteiger partial charge in [-0.25, -0.2) is 0 Å². The number of nitrogens with zero attached hydrogens (tertiary/aromatic N) is 1. The average Bonchev–Trinajstić information content (AvgIpc) is 2.91. The van der Waals surface area contributed by atoms with Gasteiger partial charge in [-0.3, -0.25) is 0 Å². The lowest BCUT2D eigenvalue weighted by Crippen LogP contribution is -2.33. The van der Waals surface area contributed by atoms with E-state index >= 15 is 0 Å². The number of phenolic OH excluding ortho intramolecular Hbond substituents is 1. The van der Waals surface area contributed by atoms with E-state index in [9.17, 15) is 5.11 Å². The molecule has 2 heteroatoms. The molecule has 0 aromatic heterocycles. The summed E-state index contributed by atoms with van der Waals surface area (Å²) in [6.07, 6.45) is 6.29. The van der Waals surface area contributed by atoms with Crippen LogP contribution in [0.4, 0.5) is 0 Å². The Morgan fingerprint density at radius 1 is 1.20 bits per heavy atom. The maximum absolute atomic E-state index is 9.31. The van der Waals surface area contributed by atoms with E-state index in [0.29, 0.717) is 17.2 Å². The second-order valence-corrected chi connectivity index (χ2v) is 6.48. The summed E-state index contributed by atoms with van der Waals surface area (Å²) in [4.78, 5) is 2.67. The van der Waals surface area contributed by atoms with Gasteiger partial charge in [0.1, 0.15) is 5.75 Å². The zero-order chi connectivity index (χ0) is 14.6. The summed E-state index contributed by atoms with van der Waals surface area (Å²) in [5, 5.41) is 9.31. The smallest absolute Gasteiger partial charge is 0.115 e. The van der Waals surface area contributed by atoms with E-state index in [-0.39, 0.29) is 0 Å². The maximum atomic E-state index is 9.31. The quantitative estimate of drug-likeness (QED) is 0.840. The van der Waals surface area contributed by atoms with Crippen molar-refractivity contribution >= 4 is 0 Å². The molecule has 0 bridgehead atoms. The van der Waals surface area contributed by atoms with Gasteiger partial charge in [-0.1, -0.05) is 26.0 Å². The second-order valence-electron chi connectivity index (χ2n) is 6.48. The lowest BCUT2D eigenvalue weighted by molar-refractivity contribution is 0.196. The highest BCUT2D eigenvalue weighted by atomic mass is 16.3. The van der Waals surface area contributed by atoms with Gasteiger partial charge in [0, 0.05) is 12.6 Å². The van der Waals surface area contributed by atoms with Gasteiger partial charge in [0.2, 0.25) is 0 Å². The molecule has 1 fully saturated rings. The minimum atomic E-state index is 0.358. The van der Waals surface area contributed by atoms with Crippen LogP contribution in [-0.4, -0.2) is 29.1 Å². The van der Waals surface area contributed by atoms with E-state index in [1.807, 2.05) is 12.1 Å². The van der Waals surface area contributed by atoms with Crippen LogP contribution >= 0.6 is 0 Å². The summed E-state index contributed by atoms with van der Waals surface area (Å²) in [7, 11) is 0. The number of hydrogen-bond donors (Lipinski definition) is 1. The first kappa shape index (κ1) is 15.4. The monoisotopic (exact) mass is 275 g/mol. The van der Waals surface area contributed by atoms with Crippen LogP contribution in [0.1, 0.15) is 52.0 Å². The van der Waals surface area contributed by atoms with Gasteiger partial charge in [0.15, 0.2) is 0 Å². The standard InChI is InChI=1S/C18H29NO/c1-4-18(5-2)12-13-19(14-18)15(3)6-7-16-8-10-17(20)11-9-16/h8-11,15,20H,4-7,12-14H2,1-3H3. The number of likely N-dealkylation sites (tertiary alicyclic amines) is 1. The van der Waals surface area contributed by atoms with Gasteiger partial charge < -0.3 is 10.0 Å². The normalized spacial score (nSPS) is 20.1. The molecular weight excluding hydrogens is 246 g/mol. The molecule has 0 aliphatic carbocycles. The number of rotatable bonds is 6. The molecule has 0 radical (unpaired) electrons. The molecule has 2 nitrogen and oxygen atoms in total. The van der Waals surface area contributed by atoms with Crippen LogP contribution in [0.2, 0.25) is 0 Å². The van der Waals surface area contributed by atoms with Crippen LogP contribution in [-0.2, 0) is 6.42 Å². The highest BCUT2D eigenvalue weighted by Crippen LogP contribution is 2.38. The Bertz CT molecular complexity index is 408. The third kappa shape index (κ3) is 3.54. The van der Waals surface area contributed by atoms with Crippen LogP contribution < -0.4 is 0 Å². The molecule has 0 saturated carbocycles. The Labute approximate surface area is 123 Å². The van der Waals surface area contributed by atoms with Gasteiger partial charge in [0.25, 0.3) is 0 Å². The molecule has 1 atom stereocenters. The fourth-order valence-electron chi connectivity index (χ4n) is 3.39. The van der Waals surface area contributed by atoms with Crippen molar-refractivity contribution in [3.63, 3.8) is 0 Å². The first-order valence-electron chi connectivity index (χ1n) is 8.10. The molecule has 112 valence electrons. The van der Waals surface area contributed by atoms with Gasteiger partial charge in [0.05, 0.1) is 0 Å². The lowest BCUT2D eigenvalue weighted by Gasteiger charge is -2.29. The summed E-state index contributed by atoms with van der Waals surface area (Å²) >= 11 is 0. The predicted octanol–water partition coefficient (Wildman–Crippen LogP) is 4.23. The molecule has 1 aromatic rings. The van der Waals surface area contributed by atoms with E-state index in [4.69, 9.17) is 0 Å². The SMILES string of the molecule is CCC1(CC)CCN(C(C)CCc2ccc(O)cc2)C1. The maximum Gasteiger partial charge on any atom is 0.115 e. The van der Waals surface area contributed by atoms with Crippen molar-refractivity contribution < 1.29 is 5.11 Å². The number of hydrogen-bond acceptors (Lipinski definition) is 2. The van der Waals surface area contributed by atoms with Crippen molar-refractivity contribution in [2.45, 2.75) is 58.9 Å². The molecule has 2 rings (SSSR count). The van der Waals surface area contributed by atoms with E-state index in [0.717, 1.165) is 6.42 Å². The van der Waals surface area contributed by atoms with E-state index < -0.39 is 0 Å². The molecule has 0 amide bonds. The van der Waals surface area contributed by atoms with E-state index in [1.165, 1.54) is 44.3 Å². The molecule has 20 heavy (non-hydrogen) atoms.